The van der Waals surface area contributed by atoms with E-state index in [0.29, 0.717) is 0 Å². The molecule has 2 aromatic carbocycles. The van der Waals surface area contributed by atoms with E-state index in [4.69, 9.17) is 0 Å². The van der Waals surface area contributed by atoms with Gasteiger partial charge in [0.25, 0.3) is 0 Å². The maximum Gasteiger partial charge on any atom is 1.00 e. The van der Waals surface area contributed by atoms with Crippen molar-refractivity contribution >= 4 is 19.2 Å². The fourth-order valence-corrected chi connectivity index (χ4v) is 2.44. The zero-order chi connectivity index (χ0) is 10.7. The SMILES string of the molecule is Cc1ccc(Pc2ccc(C)cc2)cc1.[H-].[Li+]. The summed E-state index contributed by atoms with van der Waals surface area (Å²) >= 11 is 0. The van der Waals surface area contributed by atoms with Crippen molar-refractivity contribution in [1.29, 1.82) is 0 Å². The summed E-state index contributed by atoms with van der Waals surface area (Å²) in [4.78, 5) is 0. The first-order valence-corrected chi connectivity index (χ1v) is 6.14. The van der Waals surface area contributed by atoms with Crippen molar-refractivity contribution in [2.24, 2.45) is 0 Å². The van der Waals surface area contributed by atoms with Crippen LogP contribution in [0.15, 0.2) is 48.5 Å². The van der Waals surface area contributed by atoms with Gasteiger partial charge in [-0.25, -0.2) is 0 Å². The smallest absolute Gasteiger partial charge is 1.00 e. The van der Waals surface area contributed by atoms with Crippen LogP contribution in [0.3, 0.4) is 0 Å². The molecule has 0 bridgehead atoms. The topological polar surface area (TPSA) is 0 Å². The summed E-state index contributed by atoms with van der Waals surface area (Å²) in [5, 5.41) is 2.81. The van der Waals surface area contributed by atoms with Gasteiger partial charge < -0.3 is 1.43 Å². The Morgan fingerprint density at radius 2 is 1.00 bits per heavy atom. The molecule has 0 spiro atoms. The number of aryl methyl sites for hydroxylation is 2. The summed E-state index contributed by atoms with van der Waals surface area (Å²) in [6.07, 6.45) is 0. The van der Waals surface area contributed by atoms with E-state index in [9.17, 15) is 0 Å². The van der Waals surface area contributed by atoms with E-state index in [1.165, 1.54) is 21.7 Å². The first-order chi connectivity index (χ1) is 7.24. The van der Waals surface area contributed by atoms with Crippen molar-refractivity contribution in [3.05, 3.63) is 59.7 Å². The van der Waals surface area contributed by atoms with Crippen LogP contribution in [0.4, 0.5) is 0 Å². The van der Waals surface area contributed by atoms with Crippen molar-refractivity contribution in [2.45, 2.75) is 13.8 Å². The quantitative estimate of drug-likeness (QED) is 0.497. The van der Waals surface area contributed by atoms with Gasteiger partial charge in [0.1, 0.15) is 0 Å². The summed E-state index contributed by atoms with van der Waals surface area (Å²) in [7, 11) is 0.769. The normalized spacial score (nSPS) is 9.62. The molecule has 0 aliphatic rings. The van der Waals surface area contributed by atoms with Gasteiger partial charge >= 0.3 is 18.9 Å². The Morgan fingerprint density at radius 1 is 0.688 bits per heavy atom. The third-order valence-electron chi connectivity index (χ3n) is 2.39. The second kappa shape index (κ2) is 6.26. The van der Waals surface area contributed by atoms with Crippen molar-refractivity contribution in [1.82, 2.24) is 0 Å². The van der Waals surface area contributed by atoms with Gasteiger partial charge in [0, 0.05) is 0 Å². The molecule has 0 heterocycles. The number of rotatable bonds is 2. The standard InChI is InChI=1S/C14H15P.Li.H/c1-11-3-7-13(8-4-11)15-14-9-5-12(2)6-10-14;;/h3-10,15H,1-2H3;;/q;+1;-1. The number of hydrogen-bond acceptors (Lipinski definition) is 0. The third kappa shape index (κ3) is 3.80. The molecule has 0 fully saturated rings. The summed E-state index contributed by atoms with van der Waals surface area (Å²) < 4.78 is 0. The summed E-state index contributed by atoms with van der Waals surface area (Å²) in [6.45, 7) is 4.25. The molecule has 78 valence electrons. The average Bonchev–Trinajstić information content (AvgIpc) is 2.25. The Morgan fingerprint density at radius 3 is 1.31 bits per heavy atom. The summed E-state index contributed by atoms with van der Waals surface area (Å²) in [5.74, 6) is 0. The molecular formula is C14H16LiP. The first kappa shape index (κ1) is 13.5. The van der Waals surface area contributed by atoms with E-state index in [2.05, 4.69) is 62.4 Å². The van der Waals surface area contributed by atoms with Crippen molar-refractivity contribution in [3.63, 3.8) is 0 Å². The molecular weight excluding hydrogens is 206 g/mol. The molecule has 0 saturated carbocycles. The Labute approximate surface area is 113 Å². The Hall–Kier alpha value is -0.533. The predicted octanol–water partition coefficient (Wildman–Crippen LogP) is 0.0492. The van der Waals surface area contributed by atoms with Gasteiger partial charge in [0.15, 0.2) is 0 Å². The molecule has 0 nitrogen and oxygen atoms in total. The molecule has 0 amide bonds. The van der Waals surface area contributed by atoms with Crippen LogP contribution in [0.5, 0.6) is 0 Å². The molecule has 0 saturated heterocycles. The maximum absolute atomic E-state index is 2.22. The second-order valence-electron chi connectivity index (χ2n) is 3.86. The van der Waals surface area contributed by atoms with Gasteiger partial charge in [-0.2, -0.15) is 0 Å². The van der Waals surface area contributed by atoms with E-state index in [1.54, 1.807) is 0 Å². The molecule has 0 aromatic heterocycles. The molecule has 0 unspecified atom stereocenters. The molecule has 0 N–H and O–H groups in total. The van der Waals surface area contributed by atoms with Crippen LogP contribution in [-0.2, 0) is 0 Å². The molecule has 0 aliphatic heterocycles. The summed E-state index contributed by atoms with van der Waals surface area (Å²) in [6, 6.07) is 17.6. The second-order valence-corrected chi connectivity index (χ2v) is 5.26. The largest absolute Gasteiger partial charge is 1.00 e. The van der Waals surface area contributed by atoms with E-state index in [-0.39, 0.29) is 20.3 Å². The van der Waals surface area contributed by atoms with Gasteiger partial charge in [0.05, 0.1) is 0 Å². The molecule has 0 atom stereocenters. The minimum atomic E-state index is 0. The molecule has 2 aromatic rings. The van der Waals surface area contributed by atoms with Crippen LogP contribution in [-0.4, -0.2) is 0 Å². The molecule has 16 heavy (non-hydrogen) atoms. The first-order valence-electron chi connectivity index (χ1n) is 5.14. The summed E-state index contributed by atoms with van der Waals surface area (Å²) in [5.41, 5.74) is 2.65. The van der Waals surface area contributed by atoms with Gasteiger partial charge in [-0.15, -0.1) is 0 Å². The molecule has 0 radical (unpaired) electrons. The van der Waals surface area contributed by atoms with Crippen molar-refractivity contribution < 1.29 is 20.3 Å². The van der Waals surface area contributed by atoms with Crippen LogP contribution < -0.4 is 29.5 Å². The number of benzene rings is 2. The van der Waals surface area contributed by atoms with E-state index in [0.717, 1.165) is 8.58 Å². The van der Waals surface area contributed by atoms with Crippen LogP contribution >= 0.6 is 8.58 Å². The minimum Gasteiger partial charge on any atom is -1.00 e. The van der Waals surface area contributed by atoms with E-state index < -0.39 is 0 Å². The average molecular weight is 222 g/mol. The van der Waals surface area contributed by atoms with Crippen molar-refractivity contribution in [3.8, 4) is 0 Å². The fourth-order valence-electron chi connectivity index (χ4n) is 1.44. The maximum atomic E-state index is 2.22. The molecule has 2 rings (SSSR count). The van der Waals surface area contributed by atoms with Crippen LogP contribution in [0, 0.1) is 13.8 Å². The van der Waals surface area contributed by atoms with Crippen LogP contribution in [0.1, 0.15) is 12.6 Å². The minimum absolute atomic E-state index is 0. The predicted molar refractivity (Wildman–Crippen MR) is 71.1 cm³/mol. The van der Waals surface area contributed by atoms with Gasteiger partial charge in [-0.3, -0.25) is 0 Å². The molecule has 0 aliphatic carbocycles. The zero-order valence-corrected chi connectivity index (χ0v) is 11.1. The van der Waals surface area contributed by atoms with Crippen molar-refractivity contribution in [2.75, 3.05) is 0 Å². The third-order valence-corrected chi connectivity index (χ3v) is 3.64. The van der Waals surface area contributed by atoms with Gasteiger partial charge in [0.2, 0.25) is 0 Å². The monoisotopic (exact) mass is 222 g/mol. The Bertz CT molecular complexity index is 393. The number of hydrogen-bond donors (Lipinski definition) is 0. The van der Waals surface area contributed by atoms with E-state index in [1.807, 2.05) is 0 Å². The van der Waals surface area contributed by atoms with Gasteiger partial charge in [-0.1, -0.05) is 68.2 Å². The Balaban J connectivity index is 0.00000128. The van der Waals surface area contributed by atoms with Crippen LogP contribution in [0.2, 0.25) is 0 Å². The van der Waals surface area contributed by atoms with Crippen LogP contribution in [0.25, 0.3) is 0 Å². The fraction of sp³-hybridized carbons (Fsp3) is 0.143. The Kier molecular flexibility index (Phi) is 5.30. The zero-order valence-electron chi connectivity index (χ0n) is 11.1. The molecule has 2 heteroatoms. The van der Waals surface area contributed by atoms with Gasteiger partial charge in [-0.05, 0) is 24.5 Å². The van der Waals surface area contributed by atoms with E-state index >= 15 is 0 Å².